The molecule has 1 radical (unpaired) electrons. The highest BCUT2D eigenvalue weighted by atomic mass is 35.5. The number of rotatable bonds is 3. The standard InChI is InChI=1S/C8H9ClNO3S/c9-7-2-1-3-8(14(10,12)13)6(7)4-5-11/h1-3H,4-5H2,(H2,10,12,13). The molecule has 0 aromatic heterocycles. The van der Waals surface area contributed by atoms with Crippen LogP contribution in [0, 0.1) is 0 Å². The monoisotopic (exact) mass is 234 g/mol. The Morgan fingerprint density at radius 2 is 2.00 bits per heavy atom. The van der Waals surface area contributed by atoms with E-state index in [1.165, 1.54) is 18.2 Å². The fourth-order valence-electron chi connectivity index (χ4n) is 1.15. The van der Waals surface area contributed by atoms with Crippen LogP contribution in [0.2, 0.25) is 5.02 Å². The highest BCUT2D eigenvalue weighted by Gasteiger charge is 2.15. The third-order valence-corrected chi connectivity index (χ3v) is 3.08. The number of nitrogens with two attached hydrogens (primary N) is 1. The number of halogens is 1. The van der Waals surface area contributed by atoms with E-state index in [1.807, 2.05) is 0 Å². The topological polar surface area (TPSA) is 80.1 Å². The van der Waals surface area contributed by atoms with E-state index in [0.29, 0.717) is 5.56 Å². The van der Waals surface area contributed by atoms with E-state index >= 15 is 0 Å². The predicted octanol–water partition coefficient (Wildman–Crippen LogP) is 0.960. The van der Waals surface area contributed by atoms with Crippen LogP contribution in [0.25, 0.3) is 0 Å². The molecule has 0 aliphatic rings. The molecule has 77 valence electrons. The molecule has 14 heavy (non-hydrogen) atoms. The molecule has 0 saturated heterocycles. The van der Waals surface area contributed by atoms with Crippen molar-refractivity contribution in [1.82, 2.24) is 0 Å². The summed E-state index contributed by atoms with van der Waals surface area (Å²) in [6.07, 6.45) is 0.0609. The Hall–Kier alpha value is -0.620. The van der Waals surface area contributed by atoms with Crippen LogP contribution in [-0.4, -0.2) is 15.0 Å². The first-order chi connectivity index (χ1) is 6.46. The van der Waals surface area contributed by atoms with E-state index in [9.17, 15) is 13.5 Å². The lowest BCUT2D eigenvalue weighted by Crippen LogP contribution is -2.15. The van der Waals surface area contributed by atoms with Gasteiger partial charge in [0.2, 0.25) is 10.0 Å². The third-order valence-electron chi connectivity index (χ3n) is 1.73. The van der Waals surface area contributed by atoms with Gasteiger partial charge in [0.25, 0.3) is 0 Å². The molecule has 0 fully saturated rings. The van der Waals surface area contributed by atoms with Gasteiger partial charge in [0.15, 0.2) is 0 Å². The Labute approximate surface area is 87.4 Å². The highest BCUT2D eigenvalue weighted by Crippen LogP contribution is 2.23. The van der Waals surface area contributed by atoms with Gasteiger partial charge in [0.1, 0.15) is 0 Å². The summed E-state index contributed by atoms with van der Waals surface area (Å²) in [6.45, 7) is -0.424. The second kappa shape index (κ2) is 4.27. The Kier molecular flexibility index (Phi) is 3.49. The van der Waals surface area contributed by atoms with Crippen molar-refractivity contribution in [1.29, 1.82) is 0 Å². The number of hydrogen-bond acceptors (Lipinski definition) is 2. The van der Waals surface area contributed by atoms with E-state index in [4.69, 9.17) is 16.7 Å². The lowest BCUT2D eigenvalue weighted by Gasteiger charge is -2.07. The van der Waals surface area contributed by atoms with Crippen LogP contribution in [0.5, 0.6) is 0 Å². The summed E-state index contributed by atoms with van der Waals surface area (Å²) >= 11 is 5.76. The molecule has 1 aromatic rings. The van der Waals surface area contributed by atoms with Crippen LogP contribution in [0.4, 0.5) is 0 Å². The first kappa shape index (κ1) is 11.5. The SMILES string of the molecule is NS(=O)(=O)c1cccc(Cl)c1CC[O]. The predicted molar refractivity (Wildman–Crippen MR) is 52.1 cm³/mol. The zero-order valence-electron chi connectivity index (χ0n) is 7.23. The van der Waals surface area contributed by atoms with Gasteiger partial charge in [-0.25, -0.2) is 18.7 Å². The second-order valence-corrected chi connectivity index (χ2v) is 4.65. The largest absolute Gasteiger partial charge is 0.238 e. The molecule has 0 saturated carbocycles. The molecule has 0 amide bonds. The van der Waals surface area contributed by atoms with E-state index in [2.05, 4.69) is 0 Å². The summed E-state index contributed by atoms with van der Waals surface area (Å²) in [5.41, 5.74) is 0.298. The van der Waals surface area contributed by atoms with Crippen LogP contribution in [-0.2, 0) is 21.6 Å². The Morgan fingerprint density at radius 1 is 1.36 bits per heavy atom. The number of primary sulfonamides is 1. The van der Waals surface area contributed by atoms with E-state index < -0.39 is 16.6 Å². The summed E-state index contributed by atoms with van der Waals surface area (Å²) in [5.74, 6) is 0. The van der Waals surface area contributed by atoms with Crippen LogP contribution in [0.3, 0.4) is 0 Å². The van der Waals surface area contributed by atoms with Gasteiger partial charge in [0.05, 0.1) is 11.5 Å². The minimum Gasteiger partial charge on any atom is -0.236 e. The van der Waals surface area contributed by atoms with Crippen molar-refractivity contribution in [2.75, 3.05) is 6.61 Å². The zero-order chi connectivity index (χ0) is 10.8. The molecule has 0 aliphatic carbocycles. The normalized spacial score (nSPS) is 11.6. The molecule has 0 spiro atoms. The van der Waals surface area contributed by atoms with Gasteiger partial charge in [-0.3, -0.25) is 0 Å². The highest BCUT2D eigenvalue weighted by molar-refractivity contribution is 7.89. The maximum absolute atomic E-state index is 11.1. The number of benzene rings is 1. The first-order valence-electron chi connectivity index (χ1n) is 3.85. The van der Waals surface area contributed by atoms with E-state index in [1.54, 1.807) is 0 Å². The molecule has 0 aliphatic heterocycles. The van der Waals surface area contributed by atoms with Gasteiger partial charge in [-0.15, -0.1) is 0 Å². The molecule has 6 heteroatoms. The van der Waals surface area contributed by atoms with Crippen molar-refractivity contribution in [2.45, 2.75) is 11.3 Å². The average molecular weight is 235 g/mol. The molecular formula is C8H9ClNO3S. The molecule has 0 heterocycles. The van der Waals surface area contributed by atoms with Crippen LogP contribution >= 0.6 is 11.6 Å². The number of sulfonamides is 1. The van der Waals surface area contributed by atoms with Gasteiger partial charge in [-0.1, -0.05) is 17.7 Å². The average Bonchev–Trinajstić information content (AvgIpc) is 2.07. The van der Waals surface area contributed by atoms with Crippen molar-refractivity contribution in [3.8, 4) is 0 Å². The molecule has 0 unspecified atom stereocenters. The fourth-order valence-corrected chi connectivity index (χ4v) is 2.30. The van der Waals surface area contributed by atoms with Crippen molar-refractivity contribution < 1.29 is 13.5 Å². The molecule has 0 atom stereocenters. The van der Waals surface area contributed by atoms with Gasteiger partial charge in [0, 0.05) is 11.4 Å². The van der Waals surface area contributed by atoms with E-state index in [0.717, 1.165) is 0 Å². The molecule has 4 nitrogen and oxygen atoms in total. The summed E-state index contributed by atoms with van der Waals surface area (Å²) in [5, 5.41) is 15.7. The Morgan fingerprint density at radius 3 is 2.50 bits per heavy atom. The van der Waals surface area contributed by atoms with Gasteiger partial charge in [-0.05, 0) is 17.7 Å². The summed E-state index contributed by atoms with van der Waals surface area (Å²) in [7, 11) is -3.80. The summed E-state index contributed by atoms with van der Waals surface area (Å²) in [4.78, 5) is -0.0687. The second-order valence-electron chi connectivity index (χ2n) is 2.72. The Bertz CT molecular complexity index is 430. The lowest BCUT2D eigenvalue weighted by molar-refractivity contribution is 0.196. The Balaban J connectivity index is 3.36. The molecule has 0 bridgehead atoms. The lowest BCUT2D eigenvalue weighted by atomic mass is 10.1. The smallest absolute Gasteiger partial charge is 0.236 e. The summed E-state index contributed by atoms with van der Waals surface area (Å²) in [6, 6.07) is 4.35. The third kappa shape index (κ3) is 2.45. The van der Waals surface area contributed by atoms with Crippen LogP contribution in [0.1, 0.15) is 5.56 Å². The van der Waals surface area contributed by atoms with Crippen molar-refractivity contribution in [2.24, 2.45) is 5.14 Å². The number of hydrogen-bond donors (Lipinski definition) is 1. The maximum atomic E-state index is 11.1. The summed E-state index contributed by atoms with van der Waals surface area (Å²) < 4.78 is 22.2. The zero-order valence-corrected chi connectivity index (χ0v) is 8.81. The van der Waals surface area contributed by atoms with Crippen LogP contribution < -0.4 is 5.14 Å². The fraction of sp³-hybridized carbons (Fsp3) is 0.250. The van der Waals surface area contributed by atoms with Crippen molar-refractivity contribution in [3.63, 3.8) is 0 Å². The molecule has 1 rings (SSSR count). The first-order valence-corrected chi connectivity index (χ1v) is 5.77. The van der Waals surface area contributed by atoms with Crippen molar-refractivity contribution >= 4 is 21.6 Å². The minimum absolute atomic E-state index is 0.0609. The molecule has 2 N–H and O–H groups in total. The van der Waals surface area contributed by atoms with Gasteiger partial charge >= 0.3 is 0 Å². The minimum atomic E-state index is -3.80. The van der Waals surface area contributed by atoms with Gasteiger partial charge < -0.3 is 0 Å². The molecule has 1 aromatic carbocycles. The van der Waals surface area contributed by atoms with Gasteiger partial charge in [-0.2, -0.15) is 0 Å². The molecular weight excluding hydrogens is 226 g/mol. The van der Waals surface area contributed by atoms with E-state index in [-0.39, 0.29) is 16.3 Å². The van der Waals surface area contributed by atoms with Crippen LogP contribution in [0.15, 0.2) is 23.1 Å². The quantitative estimate of drug-likeness (QED) is 0.845. The van der Waals surface area contributed by atoms with Crippen molar-refractivity contribution in [3.05, 3.63) is 28.8 Å². The maximum Gasteiger partial charge on any atom is 0.238 e.